The fourth-order valence-electron chi connectivity index (χ4n) is 3.66. The van der Waals surface area contributed by atoms with Gasteiger partial charge in [-0.05, 0) is 62.0 Å². The third-order valence-corrected chi connectivity index (χ3v) is 5.23. The normalized spacial score (nSPS) is 26.3. The molecule has 0 radical (unpaired) electrons. The molecule has 3 nitrogen and oxygen atoms in total. The lowest BCUT2D eigenvalue weighted by atomic mass is 9.73. The van der Waals surface area contributed by atoms with E-state index in [-0.39, 0.29) is 0 Å². The summed E-state index contributed by atoms with van der Waals surface area (Å²) >= 11 is 0. The molecule has 0 aliphatic heterocycles. The number of alkyl halides is 2. The maximum absolute atomic E-state index is 12.5. The van der Waals surface area contributed by atoms with Gasteiger partial charge < -0.3 is 5.32 Å². The van der Waals surface area contributed by atoms with E-state index in [9.17, 15) is 14.0 Å². The van der Waals surface area contributed by atoms with Crippen LogP contribution in [0.25, 0.3) is 0 Å². The second-order valence-corrected chi connectivity index (χ2v) is 7.10. The van der Waals surface area contributed by atoms with Crippen LogP contribution in [0.2, 0.25) is 0 Å². The van der Waals surface area contributed by atoms with Crippen molar-refractivity contribution >= 4 is 5.82 Å². The van der Waals surface area contributed by atoms with Crippen molar-refractivity contribution in [2.24, 2.45) is 17.8 Å². The number of halogens is 2. The Morgan fingerprint density at radius 1 is 1.43 bits per heavy atom. The lowest BCUT2D eigenvalue weighted by Gasteiger charge is -2.34. The first-order chi connectivity index (χ1) is 11.1. The molecule has 0 bridgehead atoms. The lowest BCUT2D eigenvalue weighted by Crippen LogP contribution is -2.30. The molecule has 5 heteroatoms. The highest BCUT2D eigenvalue weighted by Gasteiger charge is 2.34. The Balaban J connectivity index is 1.57. The van der Waals surface area contributed by atoms with Crippen molar-refractivity contribution in [3.05, 3.63) is 22.9 Å². The monoisotopic (exact) mass is 319 g/mol. The molecule has 23 heavy (non-hydrogen) atoms. The SMILES string of the molecule is CC1CCc2cc(C#N)c(NCCC3CC(C(F)F)C3)nc2C1. The maximum atomic E-state index is 12.5. The standard InChI is InChI=1S/C18H23F2N3/c1-11-2-3-13-9-15(10-21)18(23-16(13)6-11)22-5-4-12-7-14(8-12)17(19)20/h9,11-12,14,17H,2-8H2,1H3,(H,22,23). The van der Waals surface area contributed by atoms with Crippen LogP contribution in [0.4, 0.5) is 14.6 Å². The predicted octanol–water partition coefficient (Wildman–Crippen LogP) is 4.17. The van der Waals surface area contributed by atoms with E-state index in [1.807, 2.05) is 6.07 Å². The van der Waals surface area contributed by atoms with Crippen molar-refractivity contribution in [1.29, 1.82) is 5.26 Å². The topological polar surface area (TPSA) is 48.7 Å². The molecule has 2 aliphatic carbocycles. The first kappa shape index (κ1) is 16.2. The van der Waals surface area contributed by atoms with Crippen molar-refractivity contribution < 1.29 is 8.78 Å². The molecule has 1 N–H and O–H groups in total. The van der Waals surface area contributed by atoms with E-state index < -0.39 is 12.3 Å². The largest absolute Gasteiger partial charge is 0.369 e. The summed E-state index contributed by atoms with van der Waals surface area (Å²) < 4.78 is 24.9. The first-order valence-corrected chi connectivity index (χ1v) is 8.51. The maximum Gasteiger partial charge on any atom is 0.241 e. The second kappa shape index (κ2) is 6.82. The van der Waals surface area contributed by atoms with Gasteiger partial charge in [0, 0.05) is 18.2 Å². The number of fused-ring (bicyclic) bond motifs is 1. The van der Waals surface area contributed by atoms with Crippen molar-refractivity contribution in [3.63, 3.8) is 0 Å². The van der Waals surface area contributed by atoms with Crippen molar-refractivity contribution in [1.82, 2.24) is 4.98 Å². The fourth-order valence-corrected chi connectivity index (χ4v) is 3.66. The van der Waals surface area contributed by atoms with E-state index in [0.717, 1.165) is 31.4 Å². The minimum atomic E-state index is -2.17. The van der Waals surface area contributed by atoms with Crippen molar-refractivity contribution in [3.8, 4) is 6.07 Å². The summed E-state index contributed by atoms with van der Waals surface area (Å²) in [6, 6.07) is 4.19. The Labute approximate surface area is 136 Å². The molecule has 1 unspecified atom stereocenters. The Bertz CT molecular complexity index is 603. The van der Waals surface area contributed by atoms with Gasteiger partial charge in [0.2, 0.25) is 6.43 Å². The average molecular weight is 319 g/mol. The van der Waals surface area contributed by atoms with Gasteiger partial charge in [0.1, 0.15) is 11.9 Å². The summed E-state index contributed by atoms with van der Waals surface area (Å²) in [5.74, 6) is 1.27. The Morgan fingerprint density at radius 2 is 2.22 bits per heavy atom. The number of aromatic nitrogens is 1. The molecule has 2 aliphatic rings. The zero-order valence-corrected chi connectivity index (χ0v) is 13.5. The molecule has 0 aromatic carbocycles. The van der Waals surface area contributed by atoms with Crippen LogP contribution in [0.1, 0.15) is 49.4 Å². The second-order valence-electron chi connectivity index (χ2n) is 7.10. The summed E-state index contributed by atoms with van der Waals surface area (Å²) in [7, 11) is 0. The molecule has 1 heterocycles. The highest BCUT2D eigenvalue weighted by Crippen LogP contribution is 2.39. The zero-order chi connectivity index (χ0) is 16.4. The predicted molar refractivity (Wildman–Crippen MR) is 85.5 cm³/mol. The highest BCUT2D eigenvalue weighted by atomic mass is 19.3. The van der Waals surface area contributed by atoms with E-state index in [4.69, 9.17) is 0 Å². The molecule has 124 valence electrons. The molecule has 0 saturated heterocycles. The smallest absolute Gasteiger partial charge is 0.241 e. The summed E-state index contributed by atoms with van der Waals surface area (Å²) in [4.78, 5) is 4.66. The minimum absolute atomic E-state index is 0.379. The van der Waals surface area contributed by atoms with E-state index in [0.29, 0.717) is 42.6 Å². The van der Waals surface area contributed by atoms with Crippen molar-refractivity contribution in [2.45, 2.75) is 51.9 Å². The van der Waals surface area contributed by atoms with Gasteiger partial charge in [-0.2, -0.15) is 5.26 Å². The summed E-state index contributed by atoms with van der Waals surface area (Å²) in [6.07, 6.45) is 3.06. The fraction of sp³-hybridized carbons (Fsp3) is 0.667. The summed E-state index contributed by atoms with van der Waals surface area (Å²) in [6.45, 7) is 2.92. The van der Waals surface area contributed by atoms with Crippen LogP contribution in [0, 0.1) is 29.1 Å². The number of nitrogens with one attached hydrogen (secondary N) is 1. The summed E-state index contributed by atoms with van der Waals surface area (Å²) in [5.41, 5.74) is 2.90. The van der Waals surface area contributed by atoms with E-state index in [1.165, 1.54) is 5.56 Å². The van der Waals surface area contributed by atoms with Gasteiger partial charge in [-0.1, -0.05) is 6.92 Å². The molecular formula is C18H23F2N3. The van der Waals surface area contributed by atoms with Gasteiger partial charge in [0.25, 0.3) is 0 Å². The average Bonchev–Trinajstić information content (AvgIpc) is 2.48. The van der Waals surface area contributed by atoms with Crippen LogP contribution in [-0.4, -0.2) is 18.0 Å². The molecule has 0 spiro atoms. The van der Waals surface area contributed by atoms with Gasteiger partial charge in [-0.25, -0.2) is 13.8 Å². The van der Waals surface area contributed by atoms with Gasteiger partial charge in [-0.3, -0.25) is 0 Å². The number of anilines is 1. The minimum Gasteiger partial charge on any atom is -0.369 e. The van der Waals surface area contributed by atoms with Crippen LogP contribution in [0.5, 0.6) is 0 Å². The third-order valence-electron chi connectivity index (χ3n) is 5.23. The van der Waals surface area contributed by atoms with Crippen LogP contribution in [0.15, 0.2) is 6.07 Å². The molecule has 1 aromatic rings. The van der Waals surface area contributed by atoms with E-state index in [2.05, 4.69) is 23.3 Å². The molecule has 1 saturated carbocycles. The third kappa shape index (κ3) is 3.63. The molecule has 3 rings (SSSR count). The van der Waals surface area contributed by atoms with Crippen LogP contribution in [0.3, 0.4) is 0 Å². The van der Waals surface area contributed by atoms with Crippen LogP contribution in [-0.2, 0) is 12.8 Å². The Hall–Kier alpha value is -1.70. The lowest BCUT2D eigenvalue weighted by molar-refractivity contribution is 0.00136. The van der Waals surface area contributed by atoms with Gasteiger partial charge >= 0.3 is 0 Å². The number of aryl methyl sites for hydroxylation is 1. The number of pyridine rings is 1. The van der Waals surface area contributed by atoms with E-state index >= 15 is 0 Å². The van der Waals surface area contributed by atoms with Gasteiger partial charge in [0.15, 0.2) is 0 Å². The quantitative estimate of drug-likeness (QED) is 0.886. The van der Waals surface area contributed by atoms with E-state index in [1.54, 1.807) is 0 Å². The number of hydrogen-bond donors (Lipinski definition) is 1. The summed E-state index contributed by atoms with van der Waals surface area (Å²) in [5, 5.41) is 12.6. The molecule has 1 aromatic heterocycles. The Morgan fingerprint density at radius 3 is 2.91 bits per heavy atom. The highest BCUT2D eigenvalue weighted by molar-refractivity contribution is 5.54. The van der Waals surface area contributed by atoms with Crippen LogP contribution < -0.4 is 5.32 Å². The molecule has 1 atom stereocenters. The van der Waals surface area contributed by atoms with Crippen molar-refractivity contribution in [2.75, 3.05) is 11.9 Å². The number of rotatable bonds is 5. The van der Waals surface area contributed by atoms with Gasteiger partial charge in [0.05, 0.1) is 5.56 Å². The zero-order valence-electron chi connectivity index (χ0n) is 13.5. The number of nitriles is 1. The first-order valence-electron chi connectivity index (χ1n) is 8.51. The van der Waals surface area contributed by atoms with Gasteiger partial charge in [-0.15, -0.1) is 0 Å². The van der Waals surface area contributed by atoms with Crippen LogP contribution >= 0.6 is 0 Å². The molecule has 1 fully saturated rings. The number of hydrogen-bond acceptors (Lipinski definition) is 3. The molecular weight excluding hydrogens is 296 g/mol. The number of nitrogens with zero attached hydrogens (tertiary/aromatic N) is 2. The molecule has 0 amide bonds. The Kier molecular flexibility index (Phi) is 4.79.